The molecule has 1 aromatic carbocycles. The molecule has 0 spiro atoms. The summed E-state index contributed by atoms with van der Waals surface area (Å²) in [7, 11) is 0. The number of nitrogens with one attached hydrogen (secondary N) is 2. The average Bonchev–Trinajstić information content (AvgIpc) is 2.97. The zero-order valence-electron chi connectivity index (χ0n) is 13.2. The van der Waals surface area contributed by atoms with Crippen LogP contribution in [-0.2, 0) is 4.74 Å². The van der Waals surface area contributed by atoms with Gasteiger partial charge >= 0.3 is 0 Å². The highest BCUT2D eigenvalue weighted by Crippen LogP contribution is 2.32. The lowest BCUT2D eigenvalue weighted by Gasteiger charge is -2.33. The van der Waals surface area contributed by atoms with Gasteiger partial charge in [0.15, 0.2) is 0 Å². The molecule has 1 saturated carbocycles. The Morgan fingerprint density at radius 3 is 3.05 bits per heavy atom. The molecule has 0 amide bonds. The van der Waals surface area contributed by atoms with Crippen molar-refractivity contribution in [2.24, 2.45) is 5.92 Å². The molecule has 0 bridgehead atoms. The van der Waals surface area contributed by atoms with Crippen molar-refractivity contribution >= 4 is 18.1 Å². The molecule has 2 aliphatic rings. The van der Waals surface area contributed by atoms with Crippen molar-refractivity contribution in [1.82, 2.24) is 5.32 Å². The molecule has 0 aromatic heterocycles. The molecule has 2 N–H and O–H groups in total. The molecule has 3 rings (SSSR count). The zero-order valence-corrected chi connectivity index (χ0v) is 14.0. The third-order valence-electron chi connectivity index (χ3n) is 4.53. The average molecular weight is 327 g/mol. The Morgan fingerprint density at radius 2 is 2.27 bits per heavy atom. The van der Waals surface area contributed by atoms with Gasteiger partial charge in [-0.25, -0.2) is 0 Å². The largest absolute Gasteiger partial charge is 0.494 e. The van der Waals surface area contributed by atoms with Crippen molar-refractivity contribution in [2.75, 3.05) is 31.7 Å². The van der Waals surface area contributed by atoms with E-state index >= 15 is 0 Å². The van der Waals surface area contributed by atoms with Crippen LogP contribution in [0.1, 0.15) is 26.2 Å². The highest BCUT2D eigenvalue weighted by molar-refractivity contribution is 5.85. The summed E-state index contributed by atoms with van der Waals surface area (Å²) in [5.41, 5.74) is 1.16. The highest BCUT2D eigenvalue weighted by Gasteiger charge is 2.34. The molecular weight excluding hydrogens is 300 g/mol. The van der Waals surface area contributed by atoms with Crippen molar-refractivity contribution in [1.29, 1.82) is 0 Å². The minimum atomic E-state index is 0. The van der Waals surface area contributed by atoms with Gasteiger partial charge in [-0.3, -0.25) is 0 Å². The number of ether oxygens (including phenoxy) is 2. The fraction of sp³-hybridized carbons (Fsp3) is 0.647. The summed E-state index contributed by atoms with van der Waals surface area (Å²) >= 11 is 0. The summed E-state index contributed by atoms with van der Waals surface area (Å²) in [5, 5.41) is 7.33. The molecule has 3 atom stereocenters. The van der Waals surface area contributed by atoms with Crippen molar-refractivity contribution in [3.05, 3.63) is 24.3 Å². The first kappa shape index (κ1) is 17.4. The minimum absolute atomic E-state index is 0. The molecule has 1 heterocycles. The van der Waals surface area contributed by atoms with Crippen LogP contribution in [0, 0.1) is 5.92 Å². The second kappa shape index (κ2) is 8.61. The highest BCUT2D eigenvalue weighted by atomic mass is 35.5. The van der Waals surface area contributed by atoms with Crippen LogP contribution >= 0.6 is 12.4 Å². The molecule has 1 aromatic rings. The normalized spacial score (nSPS) is 28.0. The van der Waals surface area contributed by atoms with Gasteiger partial charge in [0.25, 0.3) is 0 Å². The third kappa shape index (κ3) is 4.28. The Kier molecular flexibility index (Phi) is 6.80. The van der Waals surface area contributed by atoms with E-state index in [2.05, 4.69) is 28.8 Å². The Bertz CT molecular complexity index is 452. The van der Waals surface area contributed by atoms with Gasteiger partial charge in [-0.05, 0) is 37.8 Å². The van der Waals surface area contributed by atoms with Gasteiger partial charge in [0.2, 0.25) is 0 Å². The van der Waals surface area contributed by atoms with Crippen LogP contribution in [0.2, 0.25) is 0 Å². The lowest BCUT2D eigenvalue weighted by molar-refractivity contribution is 0.0559. The SMILES string of the molecule is CCOc1cccc(NC2CCCC2C2COCCN2)c1.Cl. The van der Waals surface area contributed by atoms with Crippen molar-refractivity contribution in [3.63, 3.8) is 0 Å². The number of rotatable bonds is 5. The predicted molar refractivity (Wildman–Crippen MR) is 92.2 cm³/mol. The van der Waals surface area contributed by atoms with Gasteiger partial charge in [0, 0.05) is 30.4 Å². The van der Waals surface area contributed by atoms with Crippen molar-refractivity contribution in [3.8, 4) is 5.75 Å². The Balaban J connectivity index is 0.00000176. The number of hydrogen-bond donors (Lipinski definition) is 2. The molecule has 4 nitrogen and oxygen atoms in total. The van der Waals surface area contributed by atoms with E-state index in [9.17, 15) is 0 Å². The summed E-state index contributed by atoms with van der Waals surface area (Å²) in [6.45, 7) is 5.40. The number of hydrogen-bond acceptors (Lipinski definition) is 4. The molecule has 2 fully saturated rings. The standard InChI is InChI=1S/C17H26N2O2.ClH/c1-2-21-14-6-3-5-13(11-14)19-16-8-4-7-15(16)17-12-20-10-9-18-17;/h3,5-6,11,15-19H,2,4,7-10,12H2,1H3;1H. The van der Waals surface area contributed by atoms with Gasteiger partial charge in [-0.1, -0.05) is 12.5 Å². The molecule has 0 radical (unpaired) electrons. The van der Waals surface area contributed by atoms with E-state index in [0.717, 1.165) is 31.2 Å². The molecule has 124 valence electrons. The maximum absolute atomic E-state index is 5.63. The lowest BCUT2D eigenvalue weighted by atomic mass is 9.94. The van der Waals surface area contributed by atoms with Crippen LogP contribution in [-0.4, -0.2) is 38.4 Å². The molecule has 5 heteroatoms. The quantitative estimate of drug-likeness (QED) is 0.872. The van der Waals surface area contributed by atoms with E-state index in [4.69, 9.17) is 9.47 Å². The first-order valence-electron chi connectivity index (χ1n) is 8.17. The Labute approximate surface area is 139 Å². The maximum atomic E-state index is 5.63. The molecular formula is C17H27ClN2O2. The predicted octanol–water partition coefficient (Wildman–Crippen LogP) is 3.08. The number of morpholine rings is 1. The van der Waals surface area contributed by atoms with E-state index in [1.54, 1.807) is 0 Å². The smallest absolute Gasteiger partial charge is 0.121 e. The second-order valence-electron chi connectivity index (χ2n) is 5.94. The van der Waals surface area contributed by atoms with Crippen LogP contribution in [0.4, 0.5) is 5.69 Å². The van der Waals surface area contributed by atoms with Gasteiger partial charge in [0.1, 0.15) is 5.75 Å². The van der Waals surface area contributed by atoms with E-state index in [1.807, 2.05) is 13.0 Å². The fourth-order valence-electron chi connectivity index (χ4n) is 3.57. The summed E-state index contributed by atoms with van der Waals surface area (Å²) in [5.74, 6) is 1.59. The topological polar surface area (TPSA) is 42.5 Å². The van der Waals surface area contributed by atoms with Crippen LogP contribution in [0.5, 0.6) is 5.75 Å². The summed E-state index contributed by atoms with van der Waals surface area (Å²) < 4.78 is 11.2. The van der Waals surface area contributed by atoms with E-state index in [-0.39, 0.29) is 12.4 Å². The van der Waals surface area contributed by atoms with Gasteiger partial charge in [0.05, 0.1) is 19.8 Å². The molecule has 22 heavy (non-hydrogen) atoms. The summed E-state index contributed by atoms with van der Waals surface area (Å²) in [6.07, 6.45) is 3.82. The second-order valence-corrected chi connectivity index (χ2v) is 5.94. The number of benzene rings is 1. The summed E-state index contributed by atoms with van der Waals surface area (Å²) in [4.78, 5) is 0. The molecule has 1 aliphatic carbocycles. The molecule has 1 aliphatic heterocycles. The Morgan fingerprint density at radius 1 is 1.36 bits per heavy atom. The van der Waals surface area contributed by atoms with Gasteiger partial charge in [-0.2, -0.15) is 0 Å². The summed E-state index contributed by atoms with van der Waals surface area (Å²) in [6, 6.07) is 9.32. The molecule has 1 saturated heterocycles. The first-order chi connectivity index (χ1) is 10.4. The van der Waals surface area contributed by atoms with Gasteiger partial charge in [-0.15, -0.1) is 12.4 Å². The zero-order chi connectivity index (χ0) is 14.5. The number of halogens is 1. The van der Waals surface area contributed by atoms with Crippen molar-refractivity contribution < 1.29 is 9.47 Å². The van der Waals surface area contributed by atoms with Gasteiger partial charge < -0.3 is 20.1 Å². The molecule has 3 unspecified atom stereocenters. The lowest BCUT2D eigenvalue weighted by Crippen LogP contribution is -2.49. The Hall–Kier alpha value is -0.970. The minimum Gasteiger partial charge on any atom is -0.494 e. The van der Waals surface area contributed by atoms with Crippen LogP contribution in [0.25, 0.3) is 0 Å². The van der Waals surface area contributed by atoms with Crippen LogP contribution < -0.4 is 15.4 Å². The van der Waals surface area contributed by atoms with E-state index in [1.165, 1.54) is 19.3 Å². The van der Waals surface area contributed by atoms with E-state index in [0.29, 0.717) is 24.6 Å². The maximum Gasteiger partial charge on any atom is 0.121 e. The van der Waals surface area contributed by atoms with Crippen molar-refractivity contribution in [2.45, 2.75) is 38.3 Å². The number of anilines is 1. The fourth-order valence-corrected chi connectivity index (χ4v) is 3.57. The first-order valence-corrected chi connectivity index (χ1v) is 8.17. The third-order valence-corrected chi connectivity index (χ3v) is 4.53. The van der Waals surface area contributed by atoms with E-state index < -0.39 is 0 Å². The van der Waals surface area contributed by atoms with Crippen LogP contribution in [0.3, 0.4) is 0 Å². The monoisotopic (exact) mass is 326 g/mol. The van der Waals surface area contributed by atoms with Crippen LogP contribution in [0.15, 0.2) is 24.3 Å².